The average molecular weight is 410 g/mol. The largest absolute Gasteiger partial charge is 0.497 e. The summed E-state index contributed by atoms with van der Waals surface area (Å²) in [4.78, 5) is 41.9. The van der Waals surface area contributed by atoms with Crippen molar-refractivity contribution in [3.8, 4) is 11.5 Å². The number of anilines is 1. The lowest BCUT2D eigenvalue weighted by Gasteiger charge is -2.33. The van der Waals surface area contributed by atoms with Crippen molar-refractivity contribution in [2.24, 2.45) is 0 Å². The summed E-state index contributed by atoms with van der Waals surface area (Å²) in [6.07, 6.45) is 0.611. The summed E-state index contributed by atoms with van der Waals surface area (Å²) in [5.74, 6) is 0.262. The van der Waals surface area contributed by atoms with Gasteiger partial charge in [0.25, 0.3) is 11.8 Å². The van der Waals surface area contributed by atoms with E-state index in [9.17, 15) is 14.4 Å². The van der Waals surface area contributed by atoms with Crippen LogP contribution in [0, 0.1) is 0 Å². The zero-order valence-electron chi connectivity index (χ0n) is 17.6. The number of carbonyl (C=O) groups excluding carboxylic acids is 3. The van der Waals surface area contributed by atoms with Gasteiger partial charge in [-0.15, -0.1) is 0 Å². The van der Waals surface area contributed by atoms with Gasteiger partial charge in [-0.3, -0.25) is 14.4 Å². The van der Waals surface area contributed by atoms with Crippen LogP contribution in [-0.2, 0) is 9.59 Å². The minimum atomic E-state index is -0.843. The lowest BCUT2D eigenvalue weighted by molar-refractivity contribution is -0.122. The van der Waals surface area contributed by atoms with Gasteiger partial charge < -0.3 is 14.4 Å². The van der Waals surface area contributed by atoms with Crippen molar-refractivity contribution in [2.75, 3.05) is 19.1 Å². The van der Waals surface area contributed by atoms with E-state index in [2.05, 4.69) is 0 Å². The number of hydrogen-bond acceptors (Lipinski definition) is 5. The first-order valence-electron chi connectivity index (χ1n) is 9.88. The molecule has 1 aliphatic heterocycles. The molecule has 0 radical (unpaired) electrons. The number of ether oxygens (including phenoxy) is 2. The van der Waals surface area contributed by atoms with Gasteiger partial charge >= 0.3 is 0 Å². The second-order valence-electron chi connectivity index (χ2n) is 7.18. The number of amides is 3. The second-order valence-corrected chi connectivity index (χ2v) is 7.18. The Bertz CT molecular complexity index is 924. The summed E-state index contributed by atoms with van der Waals surface area (Å²) in [5, 5.41) is 0. The van der Waals surface area contributed by atoms with Crippen molar-refractivity contribution in [1.82, 2.24) is 4.90 Å². The van der Waals surface area contributed by atoms with Crippen LogP contribution in [0.15, 0.2) is 48.5 Å². The molecule has 0 saturated carbocycles. The molecule has 0 aliphatic carbocycles. The quantitative estimate of drug-likeness (QED) is 0.655. The molecule has 1 aliphatic rings. The van der Waals surface area contributed by atoms with Gasteiger partial charge in [-0.05, 0) is 61.9 Å². The van der Waals surface area contributed by atoms with Gasteiger partial charge in [0.1, 0.15) is 17.5 Å². The molecule has 0 spiro atoms. The van der Waals surface area contributed by atoms with Gasteiger partial charge in [0.2, 0.25) is 5.91 Å². The van der Waals surface area contributed by atoms with E-state index in [1.54, 1.807) is 62.8 Å². The number of benzene rings is 2. The molecule has 1 fully saturated rings. The number of hydrogen-bond donors (Lipinski definition) is 0. The van der Waals surface area contributed by atoms with Crippen molar-refractivity contribution < 1.29 is 23.9 Å². The standard InChI is InChI=1S/C23H26N2O5/c1-5-15(2)24(22(27)16-6-10-18(29-3)11-7-16)20-14-21(26)25(23(20)28)17-8-12-19(30-4)13-9-17/h6-13,15,20H,5,14H2,1-4H3. The Morgan fingerprint density at radius 2 is 1.57 bits per heavy atom. The number of nitrogens with zero attached hydrogens (tertiary/aromatic N) is 2. The zero-order chi connectivity index (χ0) is 21.8. The van der Waals surface area contributed by atoms with Gasteiger partial charge in [-0.25, -0.2) is 4.90 Å². The molecule has 0 bridgehead atoms. The predicted molar refractivity (Wildman–Crippen MR) is 113 cm³/mol. The molecular weight excluding hydrogens is 384 g/mol. The number of methoxy groups -OCH3 is 2. The predicted octanol–water partition coefficient (Wildman–Crippen LogP) is 3.28. The first-order valence-corrected chi connectivity index (χ1v) is 9.88. The summed E-state index contributed by atoms with van der Waals surface area (Å²) < 4.78 is 10.3. The Morgan fingerprint density at radius 3 is 2.07 bits per heavy atom. The Kier molecular flexibility index (Phi) is 6.40. The van der Waals surface area contributed by atoms with E-state index in [1.165, 1.54) is 4.90 Å². The van der Waals surface area contributed by atoms with Crippen molar-refractivity contribution in [1.29, 1.82) is 0 Å². The number of carbonyl (C=O) groups is 3. The summed E-state index contributed by atoms with van der Waals surface area (Å²) in [7, 11) is 3.10. The molecule has 1 saturated heterocycles. The Hall–Kier alpha value is -3.35. The van der Waals surface area contributed by atoms with Crippen molar-refractivity contribution in [3.63, 3.8) is 0 Å². The second kappa shape index (κ2) is 8.98. The molecule has 3 amide bonds. The summed E-state index contributed by atoms with van der Waals surface area (Å²) >= 11 is 0. The smallest absolute Gasteiger partial charge is 0.257 e. The van der Waals surface area contributed by atoms with Crippen molar-refractivity contribution in [3.05, 3.63) is 54.1 Å². The monoisotopic (exact) mass is 410 g/mol. The van der Waals surface area contributed by atoms with Crippen LogP contribution in [0.3, 0.4) is 0 Å². The Balaban J connectivity index is 1.91. The fraction of sp³-hybridized carbons (Fsp3) is 0.348. The maximum absolute atomic E-state index is 13.3. The highest BCUT2D eigenvalue weighted by Gasteiger charge is 2.45. The van der Waals surface area contributed by atoms with E-state index in [-0.39, 0.29) is 24.3 Å². The van der Waals surface area contributed by atoms with Crippen LogP contribution < -0.4 is 14.4 Å². The maximum Gasteiger partial charge on any atom is 0.257 e. The van der Waals surface area contributed by atoms with Gasteiger partial charge in [-0.1, -0.05) is 6.92 Å². The third kappa shape index (κ3) is 4.01. The minimum absolute atomic E-state index is 0.0445. The maximum atomic E-state index is 13.3. The average Bonchev–Trinajstić information content (AvgIpc) is 3.07. The molecular formula is C23H26N2O5. The molecule has 7 heteroatoms. The van der Waals surface area contributed by atoms with Crippen LogP contribution in [0.5, 0.6) is 11.5 Å². The SMILES string of the molecule is CCC(C)N(C(=O)c1ccc(OC)cc1)C1CC(=O)N(c2ccc(OC)cc2)C1=O. The molecule has 1 heterocycles. The molecule has 30 heavy (non-hydrogen) atoms. The van der Waals surface area contributed by atoms with Crippen LogP contribution in [0.25, 0.3) is 0 Å². The number of imide groups is 1. The van der Waals surface area contributed by atoms with E-state index in [0.717, 1.165) is 4.90 Å². The van der Waals surface area contributed by atoms with Gasteiger partial charge in [0.15, 0.2) is 0 Å². The van der Waals surface area contributed by atoms with Crippen molar-refractivity contribution >= 4 is 23.4 Å². The third-order valence-electron chi connectivity index (χ3n) is 5.43. The highest BCUT2D eigenvalue weighted by Crippen LogP contribution is 2.29. The van der Waals surface area contributed by atoms with Gasteiger partial charge in [0, 0.05) is 11.6 Å². The molecule has 7 nitrogen and oxygen atoms in total. The minimum Gasteiger partial charge on any atom is -0.497 e. The topological polar surface area (TPSA) is 76.2 Å². The molecule has 2 aromatic carbocycles. The van der Waals surface area contributed by atoms with E-state index in [0.29, 0.717) is 29.2 Å². The zero-order valence-corrected chi connectivity index (χ0v) is 17.6. The lowest BCUT2D eigenvalue weighted by Crippen LogP contribution is -2.49. The van der Waals surface area contributed by atoms with E-state index >= 15 is 0 Å². The fourth-order valence-electron chi connectivity index (χ4n) is 3.56. The number of rotatable bonds is 7. The molecule has 3 rings (SSSR count). The van der Waals surface area contributed by atoms with E-state index in [4.69, 9.17) is 9.47 Å². The first-order chi connectivity index (χ1) is 14.4. The summed E-state index contributed by atoms with van der Waals surface area (Å²) in [6.45, 7) is 3.83. The van der Waals surface area contributed by atoms with Crippen LogP contribution in [0.4, 0.5) is 5.69 Å². The van der Waals surface area contributed by atoms with Crippen LogP contribution in [0.1, 0.15) is 37.0 Å². The fourth-order valence-corrected chi connectivity index (χ4v) is 3.56. The Labute approximate surface area is 176 Å². The molecule has 158 valence electrons. The Morgan fingerprint density at radius 1 is 1.03 bits per heavy atom. The van der Waals surface area contributed by atoms with Gasteiger partial charge in [0.05, 0.1) is 26.3 Å². The first kappa shape index (κ1) is 21.4. The van der Waals surface area contributed by atoms with Crippen LogP contribution in [-0.4, -0.2) is 48.9 Å². The van der Waals surface area contributed by atoms with Crippen LogP contribution >= 0.6 is 0 Å². The van der Waals surface area contributed by atoms with Gasteiger partial charge in [-0.2, -0.15) is 0 Å². The molecule has 2 aromatic rings. The molecule has 0 N–H and O–H groups in total. The third-order valence-corrected chi connectivity index (χ3v) is 5.43. The van der Waals surface area contributed by atoms with Crippen molar-refractivity contribution in [2.45, 2.75) is 38.8 Å². The van der Waals surface area contributed by atoms with E-state index < -0.39 is 11.9 Å². The molecule has 2 atom stereocenters. The summed E-state index contributed by atoms with van der Waals surface area (Å²) in [5.41, 5.74) is 0.911. The lowest BCUT2D eigenvalue weighted by atomic mass is 10.1. The highest BCUT2D eigenvalue weighted by atomic mass is 16.5. The molecule has 2 unspecified atom stereocenters. The highest BCUT2D eigenvalue weighted by molar-refractivity contribution is 6.23. The van der Waals surface area contributed by atoms with Crippen LogP contribution in [0.2, 0.25) is 0 Å². The normalized spacial score (nSPS) is 17.1. The van der Waals surface area contributed by atoms with E-state index in [1.807, 2.05) is 13.8 Å². The summed E-state index contributed by atoms with van der Waals surface area (Å²) in [6, 6.07) is 12.4. The molecule has 0 aromatic heterocycles.